The minimum atomic E-state index is -2.53. The molecule has 0 bridgehead atoms. The zero-order chi connectivity index (χ0) is 21.6. The summed E-state index contributed by atoms with van der Waals surface area (Å²) in [6.45, 7) is 4.11. The van der Waals surface area contributed by atoms with Crippen LogP contribution in [0.3, 0.4) is 0 Å². The smallest absolute Gasteiger partial charge is 0.356 e. The molecule has 1 aliphatic rings. The van der Waals surface area contributed by atoms with Crippen molar-refractivity contribution >= 4 is 17.3 Å². The molecular formula is C21H22N2O3S. The molecule has 27 heavy (non-hydrogen) atoms. The third kappa shape index (κ3) is 3.04. The average molecular weight is 386 g/mol. The van der Waals surface area contributed by atoms with Crippen molar-refractivity contribution in [1.29, 1.82) is 0 Å². The van der Waals surface area contributed by atoms with E-state index in [9.17, 15) is 9.90 Å². The summed E-state index contributed by atoms with van der Waals surface area (Å²) >= 11 is 1.52. The Morgan fingerprint density at radius 2 is 2.30 bits per heavy atom. The van der Waals surface area contributed by atoms with Crippen molar-refractivity contribution in [3.8, 4) is 22.8 Å². The lowest BCUT2D eigenvalue weighted by Crippen LogP contribution is -2.16. The van der Waals surface area contributed by atoms with Gasteiger partial charge in [-0.3, -0.25) is 4.57 Å². The molecule has 0 unspecified atom stereocenters. The first-order valence-electron chi connectivity index (χ1n) is 10.4. The van der Waals surface area contributed by atoms with E-state index < -0.39 is 13.0 Å². The van der Waals surface area contributed by atoms with Crippen LogP contribution in [0.25, 0.3) is 17.1 Å². The molecule has 0 amide bonds. The van der Waals surface area contributed by atoms with Gasteiger partial charge in [0.15, 0.2) is 5.69 Å². The minimum Gasteiger partial charge on any atom is -0.496 e. The first-order chi connectivity index (χ1) is 14.1. The molecule has 0 atom stereocenters. The molecule has 6 heteroatoms. The van der Waals surface area contributed by atoms with Crippen molar-refractivity contribution in [3.05, 3.63) is 51.5 Å². The van der Waals surface area contributed by atoms with Gasteiger partial charge in [0.05, 0.1) is 22.5 Å². The lowest BCUT2D eigenvalue weighted by molar-refractivity contribution is 0.0689. The maximum Gasteiger partial charge on any atom is 0.356 e. The van der Waals surface area contributed by atoms with E-state index in [0.29, 0.717) is 42.4 Å². The van der Waals surface area contributed by atoms with Gasteiger partial charge in [-0.05, 0) is 59.9 Å². The predicted octanol–water partition coefficient (Wildman–Crippen LogP) is 4.60. The predicted molar refractivity (Wildman–Crippen MR) is 106 cm³/mol. The van der Waals surface area contributed by atoms with Crippen molar-refractivity contribution < 1.29 is 18.8 Å². The highest BCUT2D eigenvalue weighted by atomic mass is 32.1. The van der Waals surface area contributed by atoms with Crippen LogP contribution in [0.2, 0.25) is 0 Å². The molecule has 0 radical (unpaired) electrons. The highest BCUT2D eigenvalue weighted by Gasteiger charge is 2.29. The maximum absolute atomic E-state index is 11.8. The number of carbonyl (C=O) groups is 1. The average Bonchev–Trinajstić information content (AvgIpc) is 3.27. The van der Waals surface area contributed by atoms with Gasteiger partial charge in [-0.1, -0.05) is 13.8 Å². The molecule has 0 spiro atoms. The summed E-state index contributed by atoms with van der Waals surface area (Å²) in [4.78, 5) is 16.3. The molecule has 3 heterocycles. The summed E-state index contributed by atoms with van der Waals surface area (Å²) in [5.74, 6) is 0.193. The standard InChI is InChI=1S/C21H22N2O3S/c1-12(2)8-15-9-17-13(10-18(15)26-3)4-5-16-19(21(24)25)22-20(23(16)17)14-6-7-27-11-14/h6-7,9-12H,4-5,8H2,1-3H3,(H,24,25)/i3D3. The molecule has 2 aromatic heterocycles. The number of aromatic carboxylic acids is 1. The number of hydrogen-bond acceptors (Lipinski definition) is 4. The van der Waals surface area contributed by atoms with Crippen LogP contribution in [0.4, 0.5) is 0 Å². The summed E-state index contributed by atoms with van der Waals surface area (Å²) in [5, 5.41) is 13.6. The number of benzene rings is 1. The molecule has 0 saturated carbocycles. The molecule has 5 nitrogen and oxygen atoms in total. The van der Waals surface area contributed by atoms with Gasteiger partial charge in [-0.25, -0.2) is 9.78 Å². The first-order valence-corrected chi connectivity index (χ1v) is 9.81. The van der Waals surface area contributed by atoms with Crippen LogP contribution < -0.4 is 4.74 Å². The van der Waals surface area contributed by atoms with Gasteiger partial charge in [0.2, 0.25) is 0 Å². The van der Waals surface area contributed by atoms with Crippen LogP contribution in [0.5, 0.6) is 5.75 Å². The SMILES string of the molecule is [2H]C([2H])([2H])Oc1cc2c(cc1CC(C)C)-n1c(-c3ccsc3)nc(C(=O)O)c1CC2. The number of aryl methyl sites for hydroxylation is 1. The van der Waals surface area contributed by atoms with Gasteiger partial charge in [-0.15, -0.1) is 0 Å². The number of ether oxygens (including phenoxy) is 1. The number of carboxylic acids is 1. The second-order valence-electron chi connectivity index (χ2n) is 7.17. The van der Waals surface area contributed by atoms with Gasteiger partial charge in [0.25, 0.3) is 0 Å². The van der Waals surface area contributed by atoms with Crippen molar-refractivity contribution in [2.24, 2.45) is 5.92 Å². The highest BCUT2D eigenvalue weighted by Crippen LogP contribution is 2.37. The van der Waals surface area contributed by atoms with Crippen molar-refractivity contribution in [2.75, 3.05) is 7.04 Å². The number of imidazole rings is 1. The number of fused-ring (bicyclic) bond motifs is 3. The molecule has 0 saturated heterocycles. The van der Waals surface area contributed by atoms with Gasteiger partial charge < -0.3 is 9.84 Å². The Morgan fingerprint density at radius 3 is 2.96 bits per heavy atom. The number of aromatic nitrogens is 2. The Bertz CT molecular complexity index is 1100. The molecule has 4 rings (SSSR count). The van der Waals surface area contributed by atoms with E-state index in [-0.39, 0.29) is 5.69 Å². The number of hydrogen-bond donors (Lipinski definition) is 1. The van der Waals surface area contributed by atoms with Crippen LogP contribution in [0.15, 0.2) is 29.0 Å². The number of rotatable bonds is 5. The summed E-state index contributed by atoms with van der Waals surface area (Å²) in [7, 11) is -2.53. The topological polar surface area (TPSA) is 64.4 Å². The second kappa shape index (κ2) is 6.85. The molecular weight excluding hydrogens is 360 g/mol. The monoisotopic (exact) mass is 385 g/mol. The fourth-order valence-electron chi connectivity index (χ4n) is 3.71. The van der Waals surface area contributed by atoms with Crippen molar-refractivity contribution in [2.45, 2.75) is 33.1 Å². The highest BCUT2D eigenvalue weighted by molar-refractivity contribution is 7.08. The van der Waals surface area contributed by atoms with Crippen LogP contribution >= 0.6 is 11.3 Å². The fraction of sp³-hybridized carbons (Fsp3) is 0.333. The van der Waals surface area contributed by atoms with Crippen LogP contribution in [-0.2, 0) is 19.3 Å². The van der Waals surface area contributed by atoms with E-state index in [4.69, 9.17) is 8.85 Å². The van der Waals surface area contributed by atoms with Crippen LogP contribution in [-0.4, -0.2) is 27.7 Å². The number of thiophene rings is 1. The van der Waals surface area contributed by atoms with Gasteiger partial charge in [0.1, 0.15) is 11.6 Å². The molecule has 3 aromatic rings. The Morgan fingerprint density at radius 1 is 1.44 bits per heavy atom. The van der Waals surface area contributed by atoms with Gasteiger partial charge in [0, 0.05) is 10.9 Å². The maximum atomic E-state index is 11.8. The number of nitrogens with zero attached hydrogens (tertiary/aromatic N) is 2. The van der Waals surface area contributed by atoms with E-state index in [2.05, 4.69) is 18.8 Å². The van der Waals surface area contributed by atoms with Crippen molar-refractivity contribution in [3.63, 3.8) is 0 Å². The summed E-state index contributed by atoms with van der Waals surface area (Å²) in [6, 6.07) is 5.64. The molecule has 0 fully saturated rings. The summed E-state index contributed by atoms with van der Waals surface area (Å²) in [6.07, 6.45) is 1.73. The third-order valence-electron chi connectivity index (χ3n) is 4.83. The zero-order valence-corrected chi connectivity index (χ0v) is 16.0. The number of methoxy groups -OCH3 is 1. The van der Waals surface area contributed by atoms with E-state index in [0.717, 1.165) is 22.4 Å². The van der Waals surface area contributed by atoms with E-state index in [1.165, 1.54) is 11.3 Å². The molecule has 1 aliphatic heterocycles. The molecule has 1 N–H and O–H groups in total. The Labute approximate surface area is 166 Å². The van der Waals surface area contributed by atoms with Crippen molar-refractivity contribution in [1.82, 2.24) is 9.55 Å². The quantitative estimate of drug-likeness (QED) is 0.697. The van der Waals surface area contributed by atoms with E-state index in [1.54, 1.807) is 6.07 Å². The largest absolute Gasteiger partial charge is 0.496 e. The Balaban J connectivity index is 1.94. The number of carboxylic acid groups (broad SMARTS) is 1. The lowest BCUT2D eigenvalue weighted by Gasteiger charge is -2.24. The van der Waals surface area contributed by atoms with E-state index >= 15 is 0 Å². The zero-order valence-electron chi connectivity index (χ0n) is 18.2. The summed E-state index contributed by atoms with van der Waals surface area (Å²) in [5.41, 5.74) is 4.13. The Kier molecular flexibility index (Phi) is 3.67. The van der Waals surface area contributed by atoms with Crippen LogP contribution in [0, 0.1) is 5.92 Å². The fourth-order valence-corrected chi connectivity index (χ4v) is 4.34. The normalized spacial score (nSPS) is 14.9. The minimum absolute atomic E-state index is 0.0649. The lowest BCUT2D eigenvalue weighted by atomic mass is 9.94. The van der Waals surface area contributed by atoms with E-state index in [1.807, 2.05) is 27.5 Å². The third-order valence-corrected chi connectivity index (χ3v) is 5.51. The first kappa shape index (κ1) is 14.5. The summed E-state index contributed by atoms with van der Waals surface area (Å²) < 4.78 is 29.8. The van der Waals surface area contributed by atoms with Crippen LogP contribution in [0.1, 0.15) is 45.3 Å². The molecule has 1 aromatic carbocycles. The van der Waals surface area contributed by atoms with Gasteiger partial charge in [-0.2, -0.15) is 11.3 Å². The Hall–Kier alpha value is -2.60. The van der Waals surface area contributed by atoms with Gasteiger partial charge >= 0.3 is 5.97 Å². The second-order valence-corrected chi connectivity index (χ2v) is 7.95. The molecule has 140 valence electrons. The molecule has 0 aliphatic carbocycles.